The lowest BCUT2D eigenvalue weighted by Gasteiger charge is -2.35. The number of amides is 1. The summed E-state index contributed by atoms with van der Waals surface area (Å²) in [6.45, 7) is 1.85. The number of allylic oxidation sites excluding steroid dienone is 1. The molecule has 0 unspecified atom stereocenters. The average Bonchev–Trinajstić information content (AvgIpc) is 3.03. The molecule has 0 spiro atoms. The van der Waals surface area contributed by atoms with E-state index >= 15 is 0 Å². The van der Waals surface area contributed by atoms with Crippen LogP contribution in [0.4, 0.5) is 11.4 Å². The minimum Gasteiger partial charge on any atom is -0.497 e. The molecule has 2 aliphatic rings. The SMILES string of the molecule is CCC(=O)N1c2ccccc2NC2=C(C(=O)C[C@@H](c3ccc(OC)cc3)C2)[C@H]1c1ccc(Cl)cc1. The topological polar surface area (TPSA) is 58.6 Å². The van der Waals surface area contributed by atoms with Crippen LogP contribution in [0.3, 0.4) is 0 Å². The van der Waals surface area contributed by atoms with Crippen LogP contribution in [-0.4, -0.2) is 18.8 Å². The summed E-state index contributed by atoms with van der Waals surface area (Å²) in [6.07, 6.45) is 1.37. The number of rotatable bonds is 4. The molecule has 0 saturated carbocycles. The van der Waals surface area contributed by atoms with E-state index in [0.717, 1.165) is 33.9 Å². The molecule has 1 heterocycles. The highest BCUT2D eigenvalue weighted by Gasteiger charge is 2.41. The van der Waals surface area contributed by atoms with Crippen LogP contribution in [0.25, 0.3) is 0 Å². The van der Waals surface area contributed by atoms with E-state index in [1.807, 2.05) is 79.7 Å². The van der Waals surface area contributed by atoms with Crippen LogP contribution >= 0.6 is 11.6 Å². The van der Waals surface area contributed by atoms with Crippen molar-refractivity contribution in [3.63, 3.8) is 0 Å². The number of nitrogens with one attached hydrogen (secondary N) is 1. The standard InChI is InChI=1S/C29H27ClN2O3/c1-3-27(34)32-25-7-5-4-6-23(25)31-24-16-20(18-10-14-22(35-2)15-11-18)17-26(33)28(24)29(32)19-8-12-21(30)13-9-19/h4-15,20,29,31H,3,16-17H2,1-2H3/t20-,29+/m0/s1. The largest absolute Gasteiger partial charge is 0.497 e. The van der Waals surface area contributed by atoms with Gasteiger partial charge in [0.15, 0.2) is 5.78 Å². The first kappa shape index (κ1) is 23.2. The van der Waals surface area contributed by atoms with Crippen molar-refractivity contribution >= 4 is 34.7 Å². The summed E-state index contributed by atoms with van der Waals surface area (Å²) in [5, 5.41) is 4.16. The molecule has 5 nitrogen and oxygen atoms in total. The van der Waals surface area contributed by atoms with Crippen LogP contribution < -0.4 is 15.0 Å². The molecule has 178 valence electrons. The molecule has 35 heavy (non-hydrogen) atoms. The number of anilines is 2. The molecule has 1 aliphatic carbocycles. The zero-order valence-electron chi connectivity index (χ0n) is 19.8. The van der Waals surface area contributed by atoms with Gasteiger partial charge in [0.1, 0.15) is 5.75 Å². The first-order chi connectivity index (χ1) is 17.0. The number of para-hydroxylation sites is 2. The van der Waals surface area contributed by atoms with E-state index in [2.05, 4.69) is 5.32 Å². The quantitative estimate of drug-likeness (QED) is 0.448. The van der Waals surface area contributed by atoms with Gasteiger partial charge < -0.3 is 10.1 Å². The maximum Gasteiger partial charge on any atom is 0.227 e. The predicted octanol–water partition coefficient (Wildman–Crippen LogP) is 6.66. The second-order valence-electron chi connectivity index (χ2n) is 8.91. The van der Waals surface area contributed by atoms with Crippen LogP contribution in [0.2, 0.25) is 5.02 Å². The van der Waals surface area contributed by atoms with E-state index in [0.29, 0.717) is 29.9 Å². The van der Waals surface area contributed by atoms with E-state index in [-0.39, 0.29) is 17.6 Å². The zero-order chi connectivity index (χ0) is 24.5. The number of Topliss-reactive ketones (excluding diaryl/α,β-unsaturated/α-hetero) is 1. The van der Waals surface area contributed by atoms with Crippen LogP contribution in [0.1, 0.15) is 49.3 Å². The van der Waals surface area contributed by atoms with Crippen LogP contribution in [-0.2, 0) is 9.59 Å². The van der Waals surface area contributed by atoms with Crippen molar-refractivity contribution in [1.82, 2.24) is 0 Å². The van der Waals surface area contributed by atoms with Gasteiger partial charge in [-0.25, -0.2) is 0 Å². The van der Waals surface area contributed by atoms with Crippen LogP contribution in [0.5, 0.6) is 5.75 Å². The highest BCUT2D eigenvalue weighted by Crippen LogP contribution is 2.47. The second kappa shape index (κ2) is 9.59. The number of halogens is 1. The molecule has 0 saturated heterocycles. The minimum atomic E-state index is -0.532. The summed E-state index contributed by atoms with van der Waals surface area (Å²) >= 11 is 6.18. The molecule has 1 N–H and O–H groups in total. The monoisotopic (exact) mass is 486 g/mol. The number of carbonyl (C=O) groups excluding carboxylic acids is 2. The highest BCUT2D eigenvalue weighted by atomic mass is 35.5. The van der Waals surface area contributed by atoms with Gasteiger partial charge in [0.25, 0.3) is 0 Å². The van der Waals surface area contributed by atoms with Crippen molar-refractivity contribution in [2.45, 2.75) is 38.1 Å². The fraction of sp³-hybridized carbons (Fsp3) is 0.241. The number of methoxy groups -OCH3 is 1. The Balaban J connectivity index is 1.67. The first-order valence-corrected chi connectivity index (χ1v) is 12.2. The van der Waals surface area contributed by atoms with Gasteiger partial charge in [0.05, 0.1) is 24.5 Å². The lowest BCUT2D eigenvalue weighted by Crippen LogP contribution is -2.38. The lowest BCUT2D eigenvalue weighted by atomic mass is 9.78. The Hall–Kier alpha value is -3.57. The number of benzene rings is 3. The number of hydrogen-bond donors (Lipinski definition) is 1. The molecule has 3 aromatic carbocycles. The Morgan fingerprint density at radius 2 is 1.69 bits per heavy atom. The number of ether oxygens (including phenoxy) is 1. The second-order valence-corrected chi connectivity index (χ2v) is 9.34. The number of ketones is 1. The normalized spacial score (nSPS) is 19.4. The summed E-state index contributed by atoms with van der Waals surface area (Å²) in [5.41, 5.74) is 5.05. The smallest absolute Gasteiger partial charge is 0.227 e. The third-order valence-corrected chi connectivity index (χ3v) is 7.08. The van der Waals surface area contributed by atoms with Gasteiger partial charge in [-0.1, -0.05) is 54.9 Å². The van der Waals surface area contributed by atoms with Crippen LogP contribution in [0.15, 0.2) is 84.1 Å². The third kappa shape index (κ3) is 4.32. The van der Waals surface area contributed by atoms with E-state index in [4.69, 9.17) is 16.3 Å². The van der Waals surface area contributed by atoms with Gasteiger partial charge in [-0.2, -0.15) is 0 Å². The Bertz CT molecular complexity index is 1300. The highest BCUT2D eigenvalue weighted by molar-refractivity contribution is 6.30. The Morgan fingerprint density at radius 1 is 1.00 bits per heavy atom. The molecule has 0 radical (unpaired) electrons. The molecule has 2 atom stereocenters. The Morgan fingerprint density at radius 3 is 2.37 bits per heavy atom. The summed E-state index contributed by atoms with van der Waals surface area (Å²) in [5.74, 6) is 0.819. The van der Waals surface area contributed by atoms with Gasteiger partial charge in [0, 0.05) is 29.1 Å². The fourth-order valence-corrected chi connectivity index (χ4v) is 5.23. The molecule has 0 bridgehead atoms. The van der Waals surface area contributed by atoms with Crippen molar-refractivity contribution in [3.8, 4) is 5.75 Å². The molecular weight excluding hydrogens is 460 g/mol. The summed E-state index contributed by atoms with van der Waals surface area (Å²) < 4.78 is 5.30. The molecule has 6 heteroatoms. The Kier molecular flexibility index (Phi) is 6.35. The number of hydrogen-bond acceptors (Lipinski definition) is 4. The summed E-state index contributed by atoms with van der Waals surface area (Å²) in [4.78, 5) is 29.0. The molecule has 0 fully saturated rings. The Labute approximate surface area is 210 Å². The van der Waals surface area contributed by atoms with Crippen molar-refractivity contribution < 1.29 is 14.3 Å². The number of carbonyl (C=O) groups is 2. The van der Waals surface area contributed by atoms with Gasteiger partial charge in [-0.15, -0.1) is 0 Å². The summed E-state index contributed by atoms with van der Waals surface area (Å²) in [6, 6.07) is 22.6. The fourth-order valence-electron chi connectivity index (χ4n) is 5.11. The molecule has 5 rings (SSSR count). The van der Waals surface area contributed by atoms with E-state index in [1.165, 1.54) is 0 Å². The lowest BCUT2D eigenvalue weighted by molar-refractivity contribution is -0.119. The van der Waals surface area contributed by atoms with Crippen LogP contribution in [0, 0.1) is 0 Å². The first-order valence-electron chi connectivity index (χ1n) is 11.8. The molecular formula is C29H27ClN2O3. The number of nitrogens with zero attached hydrogens (tertiary/aromatic N) is 1. The molecule has 1 amide bonds. The predicted molar refractivity (Wildman–Crippen MR) is 139 cm³/mol. The van der Waals surface area contributed by atoms with Crippen molar-refractivity contribution in [2.75, 3.05) is 17.3 Å². The van der Waals surface area contributed by atoms with E-state index in [1.54, 1.807) is 12.0 Å². The van der Waals surface area contributed by atoms with Gasteiger partial charge in [0.2, 0.25) is 5.91 Å². The minimum absolute atomic E-state index is 0.0334. The average molecular weight is 487 g/mol. The zero-order valence-corrected chi connectivity index (χ0v) is 20.5. The molecule has 1 aliphatic heterocycles. The third-order valence-electron chi connectivity index (χ3n) is 6.83. The molecule has 3 aromatic rings. The maximum absolute atomic E-state index is 13.9. The molecule has 0 aromatic heterocycles. The van der Waals surface area contributed by atoms with Crippen molar-refractivity contribution in [1.29, 1.82) is 0 Å². The van der Waals surface area contributed by atoms with E-state index < -0.39 is 6.04 Å². The van der Waals surface area contributed by atoms with Gasteiger partial charge >= 0.3 is 0 Å². The van der Waals surface area contributed by atoms with Crippen molar-refractivity contribution in [2.24, 2.45) is 0 Å². The number of fused-ring (bicyclic) bond motifs is 1. The van der Waals surface area contributed by atoms with E-state index in [9.17, 15) is 9.59 Å². The van der Waals surface area contributed by atoms with Gasteiger partial charge in [-0.05, 0) is 59.9 Å². The summed E-state index contributed by atoms with van der Waals surface area (Å²) in [7, 11) is 1.64. The van der Waals surface area contributed by atoms with Gasteiger partial charge in [-0.3, -0.25) is 14.5 Å². The van der Waals surface area contributed by atoms with Crippen molar-refractivity contribution in [3.05, 3.63) is 100 Å². The maximum atomic E-state index is 13.9.